The highest BCUT2D eigenvalue weighted by molar-refractivity contribution is 6.09. The summed E-state index contributed by atoms with van der Waals surface area (Å²) < 4.78 is 11.5. The maximum atomic E-state index is 13.5. The fourth-order valence-corrected chi connectivity index (χ4v) is 6.86. The second-order valence-electron chi connectivity index (χ2n) is 11.3. The molecule has 7 nitrogen and oxygen atoms in total. The Hall–Kier alpha value is -2.90. The molecular weight excluding hydrogens is 478 g/mol. The minimum atomic E-state index is -0.182. The van der Waals surface area contributed by atoms with Crippen molar-refractivity contribution in [2.24, 2.45) is 5.41 Å². The minimum Gasteiger partial charge on any atom is -0.459 e. The molecule has 4 atom stereocenters. The lowest BCUT2D eigenvalue weighted by atomic mass is 9.67. The van der Waals surface area contributed by atoms with Crippen LogP contribution < -0.4 is 15.1 Å². The molecule has 2 aliphatic heterocycles. The summed E-state index contributed by atoms with van der Waals surface area (Å²) in [4.78, 5) is 29.7. The lowest BCUT2D eigenvalue weighted by molar-refractivity contribution is -0.117. The number of hydrogen-bond acceptors (Lipinski definition) is 5. The molecule has 1 N–H and O–H groups in total. The Morgan fingerprint density at radius 3 is 2.71 bits per heavy atom. The third-order valence-electron chi connectivity index (χ3n) is 8.71. The number of allylic oxidation sites excluding steroid dienone is 2. The van der Waals surface area contributed by atoms with Gasteiger partial charge in [-0.3, -0.25) is 14.9 Å². The zero-order chi connectivity index (χ0) is 26.7. The van der Waals surface area contributed by atoms with Gasteiger partial charge in [0.1, 0.15) is 6.23 Å². The number of benzene rings is 1. The molecule has 7 heteroatoms. The van der Waals surface area contributed by atoms with Crippen molar-refractivity contribution < 1.29 is 18.7 Å². The maximum Gasteiger partial charge on any atom is 0.294 e. The molecule has 204 valence electrons. The first-order valence-corrected chi connectivity index (χ1v) is 14.1. The lowest BCUT2D eigenvalue weighted by Crippen LogP contribution is -2.53. The summed E-state index contributed by atoms with van der Waals surface area (Å²) >= 11 is 0. The molecule has 1 aliphatic carbocycles. The number of ether oxygens (including phenoxy) is 1. The molecule has 0 radical (unpaired) electrons. The highest BCUT2D eigenvalue weighted by Crippen LogP contribution is 2.47. The van der Waals surface area contributed by atoms with Crippen molar-refractivity contribution in [1.82, 2.24) is 5.32 Å². The Bertz CT molecular complexity index is 1160. The second kappa shape index (κ2) is 11.5. The fourth-order valence-electron chi connectivity index (χ4n) is 6.86. The van der Waals surface area contributed by atoms with Gasteiger partial charge in [0.05, 0.1) is 23.7 Å². The number of carbonyl (C=O) groups excluding carboxylic acids is 2. The van der Waals surface area contributed by atoms with Crippen molar-refractivity contribution in [3.8, 4) is 0 Å². The smallest absolute Gasteiger partial charge is 0.294 e. The van der Waals surface area contributed by atoms with E-state index in [0.717, 1.165) is 43.6 Å². The number of carbonyl (C=O) groups is 2. The van der Waals surface area contributed by atoms with Crippen molar-refractivity contribution in [1.29, 1.82) is 0 Å². The molecule has 5 rings (SSSR count). The molecule has 3 heterocycles. The van der Waals surface area contributed by atoms with Gasteiger partial charge in [0, 0.05) is 32.5 Å². The minimum absolute atomic E-state index is 0.0189. The average molecular weight is 520 g/mol. The monoisotopic (exact) mass is 519 g/mol. The van der Waals surface area contributed by atoms with Crippen molar-refractivity contribution in [3.05, 3.63) is 60.1 Å². The number of anilines is 2. The van der Waals surface area contributed by atoms with Gasteiger partial charge in [0.15, 0.2) is 5.76 Å². The first-order valence-electron chi connectivity index (χ1n) is 14.1. The summed E-state index contributed by atoms with van der Waals surface area (Å²) in [6.07, 6.45) is 15.6. The third-order valence-corrected chi connectivity index (χ3v) is 8.71. The highest BCUT2D eigenvalue weighted by atomic mass is 16.5. The molecule has 1 aromatic heterocycles. The summed E-state index contributed by atoms with van der Waals surface area (Å²) in [5.41, 5.74) is 2.74. The molecule has 38 heavy (non-hydrogen) atoms. The number of amides is 2. The van der Waals surface area contributed by atoms with E-state index in [-0.39, 0.29) is 35.4 Å². The molecule has 2 aromatic rings. The molecule has 1 spiro atoms. The largest absolute Gasteiger partial charge is 0.459 e. The van der Waals surface area contributed by atoms with Crippen LogP contribution in [0, 0.1) is 5.41 Å². The zero-order valence-corrected chi connectivity index (χ0v) is 22.9. The molecule has 3 aliphatic rings. The van der Waals surface area contributed by atoms with Gasteiger partial charge in [-0.05, 0) is 74.8 Å². The van der Waals surface area contributed by atoms with E-state index in [4.69, 9.17) is 9.15 Å². The molecule has 0 bridgehead atoms. The van der Waals surface area contributed by atoms with E-state index in [0.29, 0.717) is 12.3 Å². The molecule has 1 fully saturated rings. The number of fused-ring (bicyclic) bond motifs is 1. The summed E-state index contributed by atoms with van der Waals surface area (Å²) in [5, 5.41) is 3.72. The van der Waals surface area contributed by atoms with Crippen LogP contribution in [0.5, 0.6) is 0 Å². The van der Waals surface area contributed by atoms with Gasteiger partial charge < -0.3 is 19.0 Å². The second-order valence-corrected chi connectivity index (χ2v) is 11.3. The number of furan rings is 1. The Morgan fingerprint density at radius 1 is 1.11 bits per heavy atom. The van der Waals surface area contributed by atoms with Crippen molar-refractivity contribution in [2.75, 3.05) is 30.0 Å². The van der Waals surface area contributed by atoms with E-state index in [1.807, 2.05) is 20.1 Å². The van der Waals surface area contributed by atoms with Gasteiger partial charge in [-0.2, -0.15) is 0 Å². The standard InChI is InChI=1S/C31H41N3O4/c1-22-21-33(29(36)28-12-11-17-38-28)27-18-24(13-14-26(27)34(22)23(2)35)25-19-31(30(37-3)32-20-25)15-9-7-5-4-6-8-10-16-31/h7,9,11-14,17-18,22,25,30,32H,4-6,8,10,15-16,19-21H2,1-3H3/b9-7-/t22-,25?,30?,31?/m0/s1. The van der Waals surface area contributed by atoms with Crippen molar-refractivity contribution in [2.45, 2.75) is 83.4 Å². The number of methoxy groups -OCH3 is 1. The number of hydrogen-bond donors (Lipinski definition) is 1. The van der Waals surface area contributed by atoms with E-state index in [2.05, 4.69) is 29.6 Å². The van der Waals surface area contributed by atoms with E-state index in [9.17, 15) is 9.59 Å². The van der Waals surface area contributed by atoms with Crippen LogP contribution in [0.1, 0.15) is 87.3 Å². The van der Waals surface area contributed by atoms with Crippen LogP contribution in [0.25, 0.3) is 0 Å². The average Bonchev–Trinajstić information content (AvgIpc) is 3.46. The molecular formula is C31H41N3O4. The van der Waals surface area contributed by atoms with E-state index in [1.165, 1.54) is 37.5 Å². The van der Waals surface area contributed by atoms with E-state index >= 15 is 0 Å². The lowest BCUT2D eigenvalue weighted by Gasteiger charge is -2.47. The van der Waals surface area contributed by atoms with Gasteiger partial charge >= 0.3 is 0 Å². The Labute approximate surface area is 226 Å². The predicted molar refractivity (Wildman–Crippen MR) is 149 cm³/mol. The first-order chi connectivity index (χ1) is 18.4. The van der Waals surface area contributed by atoms with Crippen LogP contribution >= 0.6 is 0 Å². The number of nitrogens with zero attached hydrogens (tertiary/aromatic N) is 2. The zero-order valence-electron chi connectivity index (χ0n) is 22.9. The number of rotatable bonds is 3. The van der Waals surface area contributed by atoms with Crippen LogP contribution in [-0.2, 0) is 9.53 Å². The summed E-state index contributed by atoms with van der Waals surface area (Å²) in [6, 6.07) is 9.58. The van der Waals surface area contributed by atoms with Gasteiger partial charge in [-0.15, -0.1) is 0 Å². The molecule has 1 saturated heterocycles. The Morgan fingerprint density at radius 2 is 1.95 bits per heavy atom. The molecule has 2 amide bonds. The van der Waals surface area contributed by atoms with E-state index in [1.54, 1.807) is 28.9 Å². The van der Waals surface area contributed by atoms with Crippen LogP contribution in [-0.4, -0.2) is 44.3 Å². The van der Waals surface area contributed by atoms with Crippen molar-refractivity contribution in [3.63, 3.8) is 0 Å². The Balaban J connectivity index is 1.50. The highest BCUT2D eigenvalue weighted by Gasteiger charge is 2.44. The summed E-state index contributed by atoms with van der Waals surface area (Å²) in [6.45, 7) is 4.79. The van der Waals surface area contributed by atoms with Gasteiger partial charge in [-0.1, -0.05) is 37.5 Å². The third kappa shape index (κ3) is 5.19. The van der Waals surface area contributed by atoms with Crippen LogP contribution in [0.3, 0.4) is 0 Å². The summed E-state index contributed by atoms with van der Waals surface area (Å²) in [5.74, 6) is 0.373. The number of nitrogens with one attached hydrogen (secondary N) is 1. The van der Waals surface area contributed by atoms with E-state index < -0.39 is 0 Å². The molecule has 1 aromatic carbocycles. The maximum absolute atomic E-state index is 13.5. The fraction of sp³-hybridized carbons (Fsp3) is 0.548. The van der Waals surface area contributed by atoms with Crippen molar-refractivity contribution >= 4 is 23.2 Å². The first kappa shape index (κ1) is 26.7. The molecule has 3 unspecified atom stereocenters. The van der Waals surface area contributed by atoms with Crippen LogP contribution in [0.15, 0.2) is 53.2 Å². The van der Waals surface area contributed by atoms with Gasteiger partial charge in [0.2, 0.25) is 5.91 Å². The Kier molecular flexibility index (Phi) is 8.05. The quantitative estimate of drug-likeness (QED) is 0.502. The normalized spacial score (nSPS) is 29.1. The van der Waals surface area contributed by atoms with Crippen LogP contribution in [0.2, 0.25) is 0 Å². The number of piperidine rings is 1. The topological polar surface area (TPSA) is 75.0 Å². The van der Waals surface area contributed by atoms with Gasteiger partial charge in [0.25, 0.3) is 5.91 Å². The molecule has 0 saturated carbocycles. The summed E-state index contributed by atoms with van der Waals surface area (Å²) in [7, 11) is 1.82. The predicted octanol–water partition coefficient (Wildman–Crippen LogP) is 6.02. The SMILES string of the molecule is COC1NCC(c2ccc3c(c2)N(C(=O)c2ccco2)C[C@H](C)N3C(C)=O)CC12C/C=C\CCCCCC2. The van der Waals surface area contributed by atoms with Crippen LogP contribution in [0.4, 0.5) is 11.4 Å². The van der Waals surface area contributed by atoms with Gasteiger partial charge in [-0.25, -0.2) is 0 Å².